The summed E-state index contributed by atoms with van der Waals surface area (Å²) in [6.07, 6.45) is 1.96. The van der Waals surface area contributed by atoms with Crippen molar-refractivity contribution in [2.24, 2.45) is 7.05 Å². The van der Waals surface area contributed by atoms with Gasteiger partial charge in [-0.15, -0.1) is 0 Å². The molecule has 0 bridgehead atoms. The lowest BCUT2D eigenvalue weighted by Crippen LogP contribution is -2.10. The molecule has 1 aromatic heterocycles. The number of aromatic nitrogens is 2. The molecule has 0 spiro atoms. The second-order valence-electron chi connectivity index (χ2n) is 4.23. The Morgan fingerprint density at radius 3 is 2.47 bits per heavy atom. The largest absolute Gasteiger partial charge is 0.349 e. The van der Waals surface area contributed by atoms with Gasteiger partial charge in [0.05, 0.1) is 11.7 Å². The molecule has 0 fully saturated rings. The van der Waals surface area contributed by atoms with Gasteiger partial charge in [-0.05, 0) is 31.5 Å². The van der Waals surface area contributed by atoms with Crippen LogP contribution in [0.25, 0.3) is 0 Å². The summed E-state index contributed by atoms with van der Waals surface area (Å²) in [5, 5.41) is 3.30. The van der Waals surface area contributed by atoms with E-state index in [1.54, 1.807) is 12.1 Å². The van der Waals surface area contributed by atoms with E-state index in [0.29, 0.717) is 0 Å². The fourth-order valence-electron chi connectivity index (χ4n) is 1.78. The van der Waals surface area contributed by atoms with Gasteiger partial charge in [0.2, 0.25) is 5.95 Å². The maximum Gasteiger partial charge on any atom is 0.203 e. The van der Waals surface area contributed by atoms with Gasteiger partial charge in [0.25, 0.3) is 0 Å². The van der Waals surface area contributed by atoms with E-state index < -0.39 is 0 Å². The second-order valence-corrected chi connectivity index (χ2v) is 4.23. The quantitative estimate of drug-likeness (QED) is 0.883. The molecule has 1 unspecified atom stereocenters. The van der Waals surface area contributed by atoms with Crippen LogP contribution in [0.4, 0.5) is 10.3 Å². The molecule has 4 heteroatoms. The molecule has 1 atom stereocenters. The molecule has 0 saturated heterocycles. The van der Waals surface area contributed by atoms with E-state index >= 15 is 0 Å². The molecule has 3 nitrogen and oxygen atoms in total. The van der Waals surface area contributed by atoms with Crippen LogP contribution in [0.15, 0.2) is 30.5 Å². The first-order valence-corrected chi connectivity index (χ1v) is 5.58. The van der Waals surface area contributed by atoms with Crippen molar-refractivity contribution in [1.82, 2.24) is 9.55 Å². The molecule has 1 N–H and O–H groups in total. The maximum atomic E-state index is 12.8. The van der Waals surface area contributed by atoms with Crippen LogP contribution >= 0.6 is 0 Å². The number of rotatable bonds is 3. The van der Waals surface area contributed by atoms with Crippen molar-refractivity contribution >= 4 is 5.95 Å². The first-order chi connectivity index (χ1) is 8.06. The summed E-state index contributed by atoms with van der Waals surface area (Å²) in [6.45, 7) is 3.98. The van der Waals surface area contributed by atoms with Crippen molar-refractivity contribution in [3.8, 4) is 0 Å². The predicted molar refractivity (Wildman–Crippen MR) is 66.4 cm³/mol. The summed E-state index contributed by atoms with van der Waals surface area (Å²) in [5.41, 5.74) is 2.01. The number of benzene rings is 1. The average molecular weight is 233 g/mol. The molecule has 2 rings (SSSR count). The van der Waals surface area contributed by atoms with E-state index in [9.17, 15) is 4.39 Å². The van der Waals surface area contributed by atoms with Crippen LogP contribution in [-0.4, -0.2) is 9.55 Å². The lowest BCUT2D eigenvalue weighted by molar-refractivity contribution is 0.626. The standard InChI is InChI=1S/C13H16FN3/c1-9-8-17(3)13(15-9)16-10(2)11-4-6-12(14)7-5-11/h4-8,10H,1-3H3,(H,15,16). The van der Waals surface area contributed by atoms with Gasteiger partial charge in [0, 0.05) is 13.2 Å². The minimum Gasteiger partial charge on any atom is -0.349 e. The molecule has 0 aliphatic carbocycles. The van der Waals surface area contributed by atoms with Crippen LogP contribution in [-0.2, 0) is 7.05 Å². The number of halogens is 1. The van der Waals surface area contributed by atoms with Crippen molar-refractivity contribution in [2.75, 3.05) is 5.32 Å². The zero-order chi connectivity index (χ0) is 12.4. The number of hydrogen-bond acceptors (Lipinski definition) is 2. The summed E-state index contributed by atoms with van der Waals surface area (Å²) >= 11 is 0. The Morgan fingerprint density at radius 2 is 1.94 bits per heavy atom. The Kier molecular flexibility index (Phi) is 3.13. The van der Waals surface area contributed by atoms with E-state index in [4.69, 9.17) is 0 Å². The predicted octanol–water partition coefficient (Wildman–Crippen LogP) is 3.04. The lowest BCUT2D eigenvalue weighted by Gasteiger charge is -2.14. The van der Waals surface area contributed by atoms with Gasteiger partial charge < -0.3 is 9.88 Å². The van der Waals surface area contributed by atoms with Crippen LogP contribution in [0.3, 0.4) is 0 Å². The SMILES string of the molecule is Cc1cn(C)c(NC(C)c2ccc(F)cc2)n1. The van der Waals surface area contributed by atoms with Crippen LogP contribution in [0.2, 0.25) is 0 Å². The van der Waals surface area contributed by atoms with E-state index in [0.717, 1.165) is 17.2 Å². The van der Waals surface area contributed by atoms with Crippen molar-refractivity contribution < 1.29 is 4.39 Å². The monoisotopic (exact) mass is 233 g/mol. The second kappa shape index (κ2) is 4.57. The molecule has 2 aromatic rings. The number of anilines is 1. The molecule has 1 aromatic carbocycles. The Labute approximate surface area is 100 Å². The normalized spacial score (nSPS) is 12.5. The number of aryl methyl sites for hydroxylation is 2. The Hall–Kier alpha value is -1.84. The molecule has 17 heavy (non-hydrogen) atoms. The number of hydrogen-bond donors (Lipinski definition) is 1. The van der Waals surface area contributed by atoms with Gasteiger partial charge >= 0.3 is 0 Å². The summed E-state index contributed by atoms with van der Waals surface area (Å²) in [7, 11) is 1.94. The van der Waals surface area contributed by atoms with Crippen molar-refractivity contribution in [2.45, 2.75) is 19.9 Å². The van der Waals surface area contributed by atoms with Gasteiger partial charge in [0.15, 0.2) is 0 Å². The third kappa shape index (κ3) is 2.64. The summed E-state index contributed by atoms with van der Waals surface area (Å²) in [5.74, 6) is 0.605. The maximum absolute atomic E-state index is 12.8. The molecule has 0 aliphatic heterocycles. The fourth-order valence-corrected chi connectivity index (χ4v) is 1.78. The van der Waals surface area contributed by atoms with Crippen LogP contribution in [0, 0.1) is 12.7 Å². The summed E-state index contributed by atoms with van der Waals surface area (Å²) in [4.78, 5) is 4.37. The van der Waals surface area contributed by atoms with Crippen molar-refractivity contribution in [1.29, 1.82) is 0 Å². The minimum atomic E-state index is -0.214. The first-order valence-electron chi connectivity index (χ1n) is 5.58. The van der Waals surface area contributed by atoms with Gasteiger partial charge in [-0.2, -0.15) is 0 Å². The Morgan fingerprint density at radius 1 is 1.29 bits per heavy atom. The number of nitrogens with zero attached hydrogens (tertiary/aromatic N) is 2. The Balaban J connectivity index is 2.13. The topological polar surface area (TPSA) is 29.9 Å². The molecule has 0 aliphatic rings. The van der Waals surface area contributed by atoms with Crippen molar-refractivity contribution in [3.05, 3.63) is 47.5 Å². The first kappa shape index (κ1) is 11.6. The Bertz CT molecular complexity index is 502. The fraction of sp³-hybridized carbons (Fsp3) is 0.308. The van der Waals surface area contributed by atoms with Gasteiger partial charge in [-0.25, -0.2) is 9.37 Å². The zero-order valence-electron chi connectivity index (χ0n) is 10.2. The summed E-state index contributed by atoms with van der Waals surface area (Å²) < 4.78 is 14.7. The number of imidazole rings is 1. The van der Waals surface area contributed by atoms with Gasteiger partial charge in [-0.1, -0.05) is 12.1 Å². The molecule has 90 valence electrons. The molecular weight excluding hydrogens is 217 g/mol. The number of nitrogens with one attached hydrogen (secondary N) is 1. The highest BCUT2D eigenvalue weighted by Gasteiger charge is 2.08. The third-order valence-electron chi connectivity index (χ3n) is 2.71. The minimum absolute atomic E-state index is 0.0936. The highest BCUT2D eigenvalue weighted by Crippen LogP contribution is 2.18. The highest BCUT2D eigenvalue weighted by atomic mass is 19.1. The zero-order valence-corrected chi connectivity index (χ0v) is 10.2. The molecule has 0 radical (unpaired) electrons. The van der Waals surface area contributed by atoms with Gasteiger partial charge in [-0.3, -0.25) is 0 Å². The lowest BCUT2D eigenvalue weighted by atomic mass is 10.1. The highest BCUT2D eigenvalue weighted by molar-refractivity contribution is 5.33. The average Bonchev–Trinajstić information content (AvgIpc) is 2.58. The van der Waals surface area contributed by atoms with Crippen LogP contribution in [0.5, 0.6) is 0 Å². The van der Waals surface area contributed by atoms with Crippen LogP contribution in [0.1, 0.15) is 24.2 Å². The third-order valence-corrected chi connectivity index (χ3v) is 2.71. The van der Waals surface area contributed by atoms with E-state index in [2.05, 4.69) is 10.3 Å². The van der Waals surface area contributed by atoms with Crippen molar-refractivity contribution in [3.63, 3.8) is 0 Å². The smallest absolute Gasteiger partial charge is 0.203 e. The summed E-state index contributed by atoms with van der Waals surface area (Å²) in [6, 6.07) is 6.59. The van der Waals surface area contributed by atoms with Crippen LogP contribution < -0.4 is 5.32 Å². The van der Waals surface area contributed by atoms with Gasteiger partial charge in [0.1, 0.15) is 5.82 Å². The molecule has 0 amide bonds. The molecular formula is C13H16FN3. The van der Waals surface area contributed by atoms with E-state index in [-0.39, 0.29) is 11.9 Å². The van der Waals surface area contributed by atoms with E-state index in [1.807, 2.05) is 31.7 Å². The molecule has 0 saturated carbocycles. The molecule has 1 heterocycles. The van der Waals surface area contributed by atoms with E-state index in [1.165, 1.54) is 12.1 Å².